The first-order valence-electron chi connectivity index (χ1n) is 3.96. The fourth-order valence-corrected chi connectivity index (χ4v) is 1.36. The molecule has 0 atom stereocenters. The van der Waals surface area contributed by atoms with Gasteiger partial charge < -0.3 is 9.47 Å². The molecule has 0 fully saturated rings. The van der Waals surface area contributed by atoms with E-state index in [1.807, 2.05) is 0 Å². The number of aryl methyl sites for hydroxylation is 1. The van der Waals surface area contributed by atoms with E-state index in [1.165, 1.54) is 6.07 Å². The second kappa shape index (κ2) is 2.80. The number of hydrogen-bond acceptors (Lipinski definition) is 2. The third kappa shape index (κ3) is 1.38. The van der Waals surface area contributed by atoms with Gasteiger partial charge >= 0.3 is 6.18 Å². The number of rotatable bonds is 0. The smallest absolute Gasteiger partial charge is 0.420 e. The van der Waals surface area contributed by atoms with Crippen molar-refractivity contribution < 1.29 is 22.6 Å². The molecule has 2 rings (SSSR count). The fourth-order valence-electron chi connectivity index (χ4n) is 1.36. The van der Waals surface area contributed by atoms with Crippen LogP contribution < -0.4 is 9.47 Å². The monoisotopic (exact) mass is 204 g/mol. The normalized spacial score (nSPS) is 14.6. The lowest BCUT2D eigenvalue weighted by Gasteiger charge is -2.10. The molecule has 0 aromatic heterocycles. The van der Waals surface area contributed by atoms with Crippen LogP contribution in [0, 0.1) is 6.92 Å². The van der Waals surface area contributed by atoms with Crippen molar-refractivity contribution in [1.29, 1.82) is 0 Å². The minimum Gasteiger partial charge on any atom is -0.454 e. The fraction of sp³-hybridized carbons (Fsp3) is 0.333. The van der Waals surface area contributed by atoms with Gasteiger partial charge in [-0.3, -0.25) is 0 Å². The zero-order chi connectivity index (χ0) is 10.3. The molecule has 76 valence electrons. The largest absolute Gasteiger partial charge is 0.454 e. The number of benzene rings is 1. The molecule has 1 aromatic rings. The van der Waals surface area contributed by atoms with Gasteiger partial charge in [0.2, 0.25) is 6.79 Å². The number of ether oxygens (including phenoxy) is 2. The molecule has 1 aliphatic rings. The van der Waals surface area contributed by atoms with Gasteiger partial charge in [0.15, 0.2) is 11.5 Å². The van der Waals surface area contributed by atoms with Crippen LogP contribution in [-0.4, -0.2) is 6.79 Å². The van der Waals surface area contributed by atoms with Gasteiger partial charge in [-0.15, -0.1) is 0 Å². The van der Waals surface area contributed by atoms with E-state index in [4.69, 9.17) is 9.47 Å². The van der Waals surface area contributed by atoms with Crippen LogP contribution >= 0.6 is 0 Å². The van der Waals surface area contributed by atoms with Gasteiger partial charge in [-0.05, 0) is 24.6 Å². The summed E-state index contributed by atoms with van der Waals surface area (Å²) >= 11 is 0. The summed E-state index contributed by atoms with van der Waals surface area (Å²) in [6.45, 7) is 1.43. The summed E-state index contributed by atoms with van der Waals surface area (Å²) < 4.78 is 47.1. The number of halogens is 3. The van der Waals surface area contributed by atoms with E-state index in [0.717, 1.165) is 6.07 Å². The highest BCUT2D eigenvalue weighted by Gasteiger charge is 2.37. The van der Waals surface area contributed by atoms with Gasteiger partial charge in [0, 0.05) is 0 Å². The van der Waals surface area contributed by atoms with Crippen molar-refractivity contribution in [2.24, 2.45) is 0 Å². The molecule has 0 amide bonds. The third-order valence-corrected chi connectivity index (χ3v) is 1.92. The maximum atomic E-state index is 12.5. The van der Waals surface area contributed by atoms with E-state index in [-0.39, 0.29) is 18.3 Å². The Labute approximate surface area is 78.2 Å². The van der Waals surface area contributed by atoms with Gasteiger partial charge in [0.25, 0.3) is 0 Å². The van der Waals surface area contributed by atoms with E-state index in [9.17, 15) is 13.2 Å². The van der Waals surface area contributed by atoms with Crippen LogP contribution in [0.25, 0.3) is 0 Å². The summed E-state index contributed by atoms with van der Waals surface area (Å²) in [5.74, 6) is -0.0413. The van der Waals surface area contributed by atoms with E-state index in [1.54, 1.807) is 6.92 Å². The lowest BCUT2D eigenvalue weighted by Crippen LogP contribution is -2.06. The third-order valence-electron chi connectivity index (χ3n) is 1.92. The predicted octanol–water partition coefficient (Wildman–Crippen LogP) is 2.74. The summed E-state index contributed by atoms with van der Waals surface area (Å²) in [6.07, 6.45) is -4.40. The highest BCUT2D eigenvalue weighted by Crippen LogP contribution is 2.44. The van der Waals surface area contributed by atoms with Crippen LogP contribution in [0.3, 0.4) is 0 Å². The Kier molecular flexibility index (Phi) is 1.83. The van der Waals surface area contributed by atoms with E-state index in [2.05, 4.69) is 0 Å². The average molecular weight is 204 g/mol. The van der Waals surface area contributed by atoms with Crippen molar-refractivity contribution in [3.8, 4) is 11.5 Å². The van der Waals surface area contributed by atoms with E-state index in [0.29, 0.717) is 5.56 Å². The highest BCUT2D eigenvalue weighted by molar-refractivity contribution is 5.51. The summed E-state index contributed by atoms with van der Waals surface area (Å²) in [5.41, 5.74) is -0.272. The average Bonchev–Trinajstić information content (AvgIpc) is 2.47. The second-order valence-electron chi connectivity index (χ2n) is 3.04. The van der Waals surface area contributed by atoms with Gasteiger partial charge in [0.1, 0.15) is 5.56 Å². The lowest BCUT2D eigenvalue weighted by molar-refractivity contribution is -0.138. The van der Waals surface area contributed by atoms with Crippen molar-refractivity contribution in [3.63, 3.8) is 0 Å². The second-order valence-corrected chi connectivity index (χ2v) is 3.04. The first-order valence-corrected chi connectivity index (χ1v) is 3.96. The van der Waals surface area contributed by atoms with Crippen LogP contribution in [0.1, 0.15) is 11.1 Å². The quantitative estimate of drug-likeness (QED) is 0.646. The first kappa shape index (κ1) is 9.18. The van der Waals surface area contributed by atoms with Crippen molar-refractivity contribution in [2.45, 2.75) is 13.1 Å². The zero-order valence-corrected chi connectivity index (χ0v) is 7.31. The molecule has 0 bridgehead atoms. The SMILES string of the molecule is Cc1cc2c(c(C(F)(F)F)c1)OCO2. The van der Waals surface area contributed by atoms with Crippen LogP contribution in [0.4, 0.5) is 13.2 Å². The summed E-state index contributed by atoms with van der Waals surface area (Å²) in [4.78, 5) is 0. The van der Waals surface area contributed by atoms with E-state index >= 15 is 0 Å². The van der Waals surface area contributed by atoms with Gasteiger partial charge in [-0.2, -0.15) is 13.2 Å². The number of fused-ring (bicyclic) bond motifs is 1. The molecule has 1 aliphatic heterocycles. The minimum absolute atomic E-state index is 0.151. The topological polar surface area (TPSA) is 18.5 Å². The standard InChI is InChI=1S/C9H7F3O2/c1-5-2-6(9(10,11)12)8-7(3-5)13-4-14-8/h2-3H,4H2,1H3. The Morgan fingerprint density at radius 3 is 2.57 bits per heavy atom. The number of alkyl halides is 3. The van der Waals surface area contributed by atoms with Crippen molar-refractivity contribution >= 4 is 0 Å². The van der Waals surface area contributed by atoms with Gasteiger partial charge in [0.05, 0.1) is 0 Å². The van der Waals surface area contributed by atoms with Crippen LogP contribution in [-0.2, 0) is 6.18 Å². The van der Waals surface area contributed by atoms with Crippen molar-refractivity contribution in [2.75, 3.05) is 6.79 Å². The molecule has 0 spiro atoms. The molecular formula is C9H7F3O2. The molecule has 1 aromatic carbocycles. The lowest BCUT2D eigenvalue weighted by atomic mass is 10.1. The molecule has 1 heterocycles. The molecule has 0 saturated carbocycles. The molecular weight excluding hydrogens is 197 g/mol. The van der Waals surface area contributed by atoms with Crippen LogP contribution in [0.5, 0.6) is 11.5 Å². The zero-order valence-electron chi connectivity index (χ0n) is 7.31. The predicted molar refractivity (Wildman–Crippen MR) is 42.3 cm³/mol. The van der Waals surface area contributed by atoms with Gasteiger partial charge in [-0.25, -0.2) is 0 Å². The summed E-state index contributed by atoms with van der Waals surface area (Å²) in [5, 5.41) is 0. The van der Waals surface area contributed by atoms with E-state index < -0.39 is 11.7 Å². The summed E-state index contributed by atoms with van der Waals surface area (Å²) in [6, 6.07) is 2.57. The number of hydrogen-bond donors (Lipinski definition) is 0. The van der Waals surface area contributed by atoms with Crippen LogP contribution in [0.2, 0.25) is 0 Å². The van der Waals surface area contributed by atoms with Crippen molar-refractivity contribution in [1.82, 2.24) is 0 Å². The van der Waals surface area contributed by atoms with Crippen LogP contribution in [0.15, 0.2) is 12.1 Å². The Morgan fingerprint density at radius 2 is 1.93 bits per heavy atom. The minimum atomic E-state index is -4.40. The van der Waals surface area contributed by atoms with Crippen molar-refractivity contribution in [3.05, 3.63) is 23.3 Å². The molecule has 0 unspecified atom stereocenters. The first-order chi connectivity index (χ1) is 6.48. The Balaban J connectivity index is 2.60. The maximum absolute atomic E-state index is 12.5. The molecule has 2 nitrogen and oxygen atoms in total. The Bertz CT molecular complexity index is 371. The molecule has 14 heavy (non-hydrogen) atoms. The molecule has 0 radical (unpaired) electrons. The summed E-state index contributed by atoms with van der Waals surface area (Å²) in [7, 11) is 0. The Hall–Kier alpha value is -1.39. The Morgan fingerprint density at radius 1 is 1.21 bits per heavy atom. The molecule has 0 aliphatic carbocycles. The van der Waals surface area contributed by atoms with Gasteiger partial charge in [-0.1, -0.05) is 0 Å². The molecule has 0 N–H and O–H groups in total. The maximum Gasteiger partial charge on any atom is 0.420 e. The molecule has 0 saturated heterocycles. The highest BCUT2D eigenvalue weighted by atomic mass is 19.4. The molecule has 5 heteroatoms.